The van der Waals surface area contributed by atoms with E-state index in [1.807, 2.05) is 40.2 Å². The second-order valence-electron chi connectivity index (χ2n) is 6.11. The van der Waals surface area contributed by atoms with Gasteiger partial charge < -0.3 is 0 Å². The van der Waals surface area contributed by atoms with Crippen molar-refractivity contribution in [1.29, 1.82) is 0 Å². The minimum atomic E-state index is -0.0964. The first kappa shape index (κ1) is 16.3. The highest BCUT2D eigenvalue weighted by Gasteiger charge is 2.13. The molecule has 1 fully saturated rings. The summed E-state index contributed by atoms with van der Waals surface area (Å²) < 4.78 is 1.97. The Morgan fingerprint density at radius 1 is 1.28 bits per heavy atom. The maximum atomic E-state index is 12.2. The molecule has 1 aliphatic rings. The van der Waals surface area contributed by atoms with Crippen LogP contribution >= 0.6 is 22.9 Å². The van der Waals surface area contributed by atoms with Gasteiger partial charge in [0.05, 0.1) is 12.1 Å². The van der Waals surface area contributed by atoms with E-state index in [2.05, 4.69) is 15.5 Å². The number of nitrogens with one attached hydrogen (secondary N) is 1. The molecule has 25 heavy (non-hydrogen) atoms. The predicted molar refractivity (Wildman–Crippen MR) is 101 cm³/mol. The lowest BCUT2D eigenvalue weighted by Crippen LogP contribution is -2.21. The van der Waals surface area contributed by atoms with Gasteiger partial charge >= 0.3 is 0 Å². The van der Waals surface area contributed by atoms with Crippen LogP contribution in [0.2, 0.25) is 5.02 Å². The Bertz CT molecular complexity index is 934. The Balaban J connectivity index is 1.51. The van der Waals surface area contributed by atoms with Crippen LogP contribution in [0.25, 0.3) is 16.2 Å². The summed E-state index contributed by atoms with van der Waals surface area (Å²) in [5.74, 6) is -0.0964. The molecule has 0 unspecified atom stereocenters. The Kier molecular flexibility index (Phi) is 4.55. The SMILES string of the molecule is O=C(Cc1csc2nc(-c3ccc(Cl)cc3)cn12)NN=C1CCCC1. The van der Waals surface area contributed by atoms with Crippen LogP contribution in [0.15, 0.2) is 40.9 Å². The summed E-state index contributed by atoms with van der Waals surface area (Å²) in [5.41, 5.74) is 6.56. The molecule has 1 saturated carbocycles. The van der Waals surface area contributed by atoms with Gasteiger partial charge in [0.1, 0.15) is 0 Å². The molecular formula is C18H17ClN4OS. The molecular weight excluding hydrogens is 356 g/mol. The average molecular weight is 373 g/mol. The summed E-state index contributed by atoms with van der Waals surface area (Å²) in [7, 11) is 0. The number of amides is 1. The van der Waals surface area contributed by atoms with Crippen LogP contribution in [0.3, 0.4) is 0 Å². The molecule has 128 valence electrons. The smallest absolute Gasteiger partial charge is 0.246 e. The number of benzene rings is 1. The third kappa shape index (κ3) is 3.60. The highest BCUT2D eigenvalue weighted by atomic mass is 35.5. The van der Waals surface area contributed by atoms with E-state index in [4.69, 9.17) is 11.6 Å². The van der Waals surface area contributed by atoms with E-state index in [0.717, 1.165) is 40.5 Å². The predicted octanol–water partition coefficient (Wildman–Crippen LogP) is 4.30. The van der Waals surface area contributed by atoms with Crippen molar-refractivity contribution in [2.24, 2.45) is 5.10 Å². The number of hydrogen-bond donors (Lipinski definition) is 1. The maximum absolute atomic E-state index is 12.2. The molecule has 1 amide bonds. The van der Waals surface area contributed by atoms with Gasteiger partial charge in [0, 0.05) is 33.6 Å². The second kappa shape index (κ2) is 6.98. The van der Waals surface area contributed by atoms with E-state index in [1.165, 1.54) is 24.2 Å². The van der Waals surface area contributed by atoms with Crippen LogP contribution in [-0.2, 0) is 11.2 Å². The van der Waals surface area contributed by atoms with Crippen molar-refractivity contribution in [3.8, 4) is 11.3 Å². The van der Waals surface area contributed by atoms with Gasteiger partial charge in [-0.25, -0.2) is 10.4 Å². The van der Waals surface area contributed by atoms with Crippen LogP contribution in [0.5, 0.6) is 0 Å². The van der Waals surface area contributed by atoms with Crippen molar-refractivity contribution in [1.82, 2.24) is 14.8 Å². The van der Waals surface area contributed by atoms with Gasteiger partial charge in [-0.05, 0) is 37.8 Å². The number of imidazole rings is 1. The lowest BCUT2D eigenvalue weighted by atomic mass is 10.2. The zero-order chi connectivity index (χ0) is 17.2. The Morgan fingerprint density at radius 2 is 2.04 bits per heavy atom. The largest absolute Gasteiger partial charge is 0.294 e. The number of carbonyl (C=O) groups excluding carboxylic acids is 1. The monoisotopic (exact) mass is 372 g/mol. The number of thiazole rings is 1. The topological polar surface area (TPSA) is 58.8 Å². The van der Waals surface area contributed by atoms with Gasteiger partial charge in [-0.15, -0.1) is 11.3 Å². The number of hydrogen-bond acceptors (Lipinski definition) is 4. The third-order valence-corrected chi connectivity index (χ3v) is 5.43. The van der Waals surface area contributed by atoms with Crippen molar-refractivity contribution in [2.45, 2.75) is 32.1 Å². The molecule has 7 heteroatoms. The minimum absolute atomic E-state index is 0.0964. The Labute approximate surface area is 154 Å². The van der Waals surface area contributed by atoms with Gasteiger partial charge in [-0.3, -0.25) is 9.20 Å². The molecule has 1 aromatic carbocycles. The molecule has 0 radical (unpaired) electrons. The first-order chi connectivity index (χ1) is 12.2. The zero-order valence-electron chi connectivity index (χ0n) is 13.5. The van der Waals surface area contributed by atoms with Gasteiger partial charge in [0.2, 0.25) is 5.91 Å². The Morgan fingerprint density at radius 3 is 2.80 bits per heavy atom. The molecule has 2 heterocycles. The lowest BCUT2D eigenvalue weighted by Gasteiger charge is -2.01. The van der Waals surface area contributed by atoms with Crippen molar-refractivity contribution in [2.75, 3.05) is 0 Å². The maximum Gasteiger partial charge on any atom is 0.246 e. The Hall–Kier alpha value is -2.18. The van der Waals surface area contributed by atoms with Crippen LogP contribution in [0.1, 0.15) is 31.4 Å². The van der Waals surface area contributed by atoms with Gasteiger partial charge in [0.25, 0.3) is 0 Å². The van der Waals surface area contributed by atoms with Crippen LogP contribution in [-0.4, -0.2) is 21.0 Å². The number of nitrogens with zero attached hydrogens (tertiary/aromatic N) is 3. The highest BCUT2D eigenvalue weighted by molar-refractivity contribution is 7.15. The van der Waals surface area contributed by atoms with Gasteiger partial charge in [-0.1, -0.05) is 23.7 Å². The van der Waals surface area contributed by atoms with E-state index in [0.29, 0.717) is 5.02 Å². The lowest BCUT2D eigenvalue weighted by molar-refractivity contribution is -0.120. The molecule has 0 saturated heterocycles. The molecule has 1 aliphatic carbocycles. The number of rotatable bonds is 4. The van der Waals surface area contributed by atoms with E-state index in [9.17, 15) is 4.79 Å². The van der Waals surface area contributed by atoms with Crippen molar-refractivity contribution in [3.05, 3.63) is 46.6 Å². The van der Waals surface area contributed by atoms with E-state index >= 15 is 0 Å². The van der Waals surface area contributed by atoms with Crippen LogP contribution in [0.4, 0.5) is 0 Å². The molecule has 0 bridgehead atoms. The molecule has 5 nitrogen and oxygen atoms in total. The van der Waals surface area contributed by atoms with E-state index in [-0.39, 0.29) is 12.3 Å². The summed E-state index contributed by atoms with van der Waals surface area (Å²) in [6.45, 7) is 0. The fraction of sp³-hybridized carbons (Fsp3) is 0.278. The number of fused-ring (bicyclic) bond motifs is 1. The molecule has 0 spiro atoms. The third-order valence-electron chi connectivity index (χ3n) is 4.28. The normalized spacial score (nSPS) is 14.2. The van der Waals surface area contributed by atoms with Crippen molar-refractivity contribution in [3.63, 3.8) is 0 Å². The number of carbonyl (C=O) groups is 1. The molecule has 1 N–H and O–H groups in total. The molecule has 0 aliphatic heterocycles. The number of hydrazone groups is 1. The van der Waals surface area contributed by atoms with Gasteiger partial charge in [0.15, 0.2) is 4.96 Å². The molecule has 3 aromatic rings. The molecule has 0 atom stereocenters. The highest BCUT2D eigenvalue weighted by Crippen LogP contribution is 2.25. The quantitative estimate of drug-likeness (QED) is 0.694. The summed E-state index contributed by atoms with van der Waals surface area (Å²) in [5, 5.41) is 6.90. The summed E-state index contributed by atoms with van der Waals surface area (Å²) in [6, 6.07) is 7.58. The summed E-state index contributed by atoms with van der Waals surface area (Å²) in [6.07, 6.45) is 6.57. The number of aromatic nitrogens is 2. The zero-order valence-corrected chi connectivity index (χ0v) is 15.1. The first-order valence-corrected chi connectivity index (χ1v) is 9.50. The fourth-order valence-corrected chi connectivity index (χ4v) is 3.96. The van der Waals surface area contributed by atoms with Crippen LogP contribution in [0, 0.1) is 0 Å². The van der Waals surface area contributed by atoms with Crippen molar-refractivity contribution >= 4 is 39.5 Å². The second-order valence-corrected chi connectivity index (χ2v) is 7.38. The molecule has 2 aromatic heterocycles. The van der Waals surface area contributed by atoms with Crippen molar-refractivity contribution < 1.29 is 4.79 Å². The summed E-state index contributed by atoms with van der Waals surface area (Å²) in [4.78, 5) is 17.7. The average Bonchev–Trinajstić information content (AvgIpc) is 3.32. The molecule has 4 rings (SSSR count). The van der Waals surface area contributed by atoms with Gasteiger partial charge in [-0.2, -0.15) is 5.10 Å². The summed E-state index contributed by atoms with van der Waals surface area (Å²) >= 11 is 7.47. The first-order valence-electron chi connectivity index (χ1n) is 8.25. The van der Waals surface area contributed by atoms with E-state index in [1.54, 1.807) is 0 Å². The minimum Gasteiger partial charge on any atom is -0.294 e. The standard InChI is InChI=1S/C18H17ClN4OS/c19-13-7-5-12(6-8-13)16-10-23-15(11-25-18(23)20-16)9-17(24)22-21-14-3-1-2-4-14/h5-8,10-11H,1-4,9H2,(H,22,24). The number of halogens is 1. The van der Waals surface area contributed by atoms with E-state index < -0.39 is 0 Å². The van der Waals surface area contributed by atoms with Crippen LogP contribution < -0.4 is 5.43 Å². The fourth-order valence-electron chi connectivity index (χ4n) is 2.96.